The van der Waals surface area contributed by atoms with Crippen LogP contribution in [0.1, 0.15) is 16.7 Å². The lowest BCUT2D eigenvalue weighted by molar-refractivity contribution is 1.14. The van der Waals surface area contributed by atoms with Gasteiger partial charge in [-0.15, -0.1) is 0 Å². The Hall–Kier alpha value is -2.47. The number of rotatable bonds is 4. The van der Waals surface area contributed by atoms with Gasteiger partial charge in [0.15, 0.2) is 0 Å². The Morgan fingerprint density at radius 2 is 1.62 bits per heavy atom. The van der Waals surface area contributed by atoms with Crippen molar-refractivity contribution in [2.24, 2.45) is 0 Å². The number of aryl methyl sites for hydroxylation is 3. The van der Waals surface area contributed by atoms with Crippen LogP contribution >= 0.6 is 15.9 Å². The molecule has 0 aliphatic rings. The van der Waals surface area contributed by atoms with E-state index in [0.717, 1.165) is 16.0 Å². The van der Waals surface area contributed by atoms with E-state index in [2.05, 4.69) is 74.4 Å². The van der Waals surface area contributed by atoms with Crippen molar-refractivity contribution in [3.63, 3.8) is 0 Å². The van der Waals surface area contributed by atoms with E-state index in [0.29, 0.717) is 11.8 Å². The van der Waals surface area contributed by atoms with E-state index in [1.807, 2.05) is 18.2 Å². The molecule has 0 saturated heterocycles. The summed E-state index contributed by atoms with van der Waals surface area (Å²) in [6.45, 7) is 6.28. The highest BCUT2D eigenvalue weighted by atomic mass is 79.9. The van der Waals surface area contributed by atoms with Gasteiger partial charge >= 0.3 is 0 Å². The number of halogens is 1. The Bertz CT molecular complexity index is 839. The normalized spacial score (nSPS) is 10.5. The van der Waals surface area contributed by atoms with Gasteiger partial charge in [-0.05, 0) is 66.0 Å². The molecule has 0 aliphatic heterocycles. The molecule has 0 spiro atoms. The van der Waals surface area contributed by atoms with Crippen molar-refractivity contribution < 1.29 is 0 Å². The highest BCUT2D eigenvalue weighted by molar-refractivity contribution is 9.10. The maximum Gasteiger partial charge on any atom is 0.230 e. The molecule has 24 heavy (non-hydrogen) atoms. The fraction of sp³-hybridized carbons (Fsp3) is 0.167. The molecule has 0 bridgehead atoms. The quantitative estimate of drug-likeness (QED) is 0.659. The first-order valence-electron chi connectivity index (χ1n) is 7.58. The molecule has 0 fully saturated rings. The molecule has 122 valence electrons. The highest BCUT2D eigenvalue weighted by Gasteiger charge is 2.06. The molecule has 2 aromatic heterocycles. The predicted molar refractivity (Wildman–Crippen MR) is 101 cm³/mol. The lowest BCUT2D eigenvalue weighted by Gasteiger charge is -2.14. The number of hydrogen-bond donors (Lipinski definition) is 2. The smallest absolute Gasteiger partial charge is 0.230 e. The van der Waals surface area contributed by atoms with Crippen LogP contribution in [0.2, 0.25) is 0 Å². The summed E-state index contributed by atoms with van der Waals surface area (Å²) in [5, 5.41) is 6.49. The Kier molecular flexibility index (Phi) is 4.76. The summed E-state index contributed by atoms with van der Waals surface area (Å²) >= 11 is 3.37. The van der Waals surface area contributed by atoms with Crippen LogP contribution in [0.5, 0.6) is 0 Å². The molecule has 6 heteroatoms. The molecule has 0 unspecified atom stereocenters. The first kappa shape index (κ1) is 16.4. The van der Waals surface area contributed by atoms with Crippen molar-refractivity contribution in [2.75, 3.05) is 10.6 Å². The van der Waals surface area contributed by atoms with Crippen molar-refractivity contribution in [3.8, 4) is 0 Å². The first-order chi connectivity index (χ1) is 11.5. The van der Waals surface area contributed by atoms with Crippen molar-refractivity contribution >= 4 is 39.2 Å². The van der Waals surface area contributed by atoms with Crippen molar-refractivity contribution in [2.45, 2.75) is 20.8 Å². The zero-order chi connectivity index (χ0) is 17.1. The van der Waals surface area contributed by atoms with Crippen LogP contribution in [0.15, 0.2) is 47.2 Å². The zero-order valence-corrected chi connectivity index (χ0v) is 15.3. The fourth-order valence-corrected chi connectivity index (χ4v) is 2.79. The number of nitrogens with one attached hydrogen (secondary N) is 2. The van der Waals surface area contributed by atoms with Crippen molar-refractivity contribution in [1.82, 2.24) is 15.0 Å². The zero-order valence-electron chi connectivity index (χ0n) is 13.8. The minimum absolute atomic E-state index is 0.497. The highest BCUT2D eigenvalue weighted by Crippen LogP contribution is 2.25. The Balaban J connectivity index is 1.82. The van der Waals surface area contributed by atoms with Gasteiger partial charge in [-0.25, -0.2) is 9.97 Å². The topological polar surface area (TPSA) is 62.7 Å². The first-order valence-corrected chi connectivity index (χ1v) is 8.37. The van der Waals surface area contributed by atoms with Gasteiger partial charge in [-0.2, -0.15) is 4.98 Å². The van der Waals surface area contributed by atoms with E-state index in [9.17, 15) is 0 Å². The summed E-state index contributed by atoms with van der Waals surface area (Å²) in [5.41, 5.74) is 4.71. The third-order valence-corrected chi connectivity index (χ3v) is 4.02. The second-order valence-electron chi connectivity index (χ2n) is 5.65. The lowest BCUT2D eigenvalue weighted by Crippen LogP contribution is -2.03. The van der Waals surface area contributed by atoms with Gasteiger partial charge in [-0.1, -0.05) is 17.7 Å². The molecule has 0 saturated carbocycles. The van der Waals surface area contributed by atoms with Gasteiger partial charge in [-0.3, -0.25) is 0 Å². The van der Waals surface area contributed by atoms with Crippen LogP contribution in [-0.4, -0.2) is 15.0 Å². The van der Waals surface area contributed by atoms with E-state index < -0.39 is 0 Å². The SMILES string of the molecule is Cc1cc(C)c(Nc2ccnc(Nc3ccc(Br)cn3)n2)c(C)c1. The van der Waals surface area contributed by atoms with Crippen LogP contribution in [0.3, 0.4) is 0 Å². The van der Waals surface area contributed by atoms with E-state index in [4.69, 9.17) is 0 Å². The van der Waals surface area contributed by atoms with E-state index in [1.54, 1.807) is 12.4 Å². The van der Waals surface area contributed by atoms with Gasteiger partial charge in [0, 0.05) is 22.6 Å². The largest absolute Gasteiger partial charge is 0.340 e. The maximum atomic E-state index is 4.51. The Morgan fingerprint density at radius 1 is 0.875 bits per heavy atom. The van der Waals surface area contributed by atoms with Gasteiger partial charge in [0.1, 0.15) is 11.6 Å². The van der Waals surface area contributed by atoms with E-state index >= 15 is 0 Å². The van der Waals surface area contributed by atoms with E-state index in [-0.39, 0.29) is 0 Å². The maximum absolute atomic E-state index is 4.51. The molecule has 2 N–H and O–H groups in total. The number of anilines is 4. The third-order valence-electron chi connectivity index (χ3n) is 3.55. The average molecular weight is 384 g/mol. The number of pyridine rings is 1. The molecule has 1 aromatic carbocycles. The fourth-order valence-electron chi connectivity index (χ4n) is 2.56. The van der Waals surface area contributed by atoms with Crippen LogP contribution in [0.4, 0.5) is 23.3 Å². The Morgan fingerprint density at radius 3 is 2.29 bits per heavy atom. The number of aromatic nitrogens is 3. The molecule has 0 atom stereocenters. The molecule has 5 nitrogen and oxygen atoms in total. The number of hydrogen-bond acceptors (Lipinski definition) is 5. The molecule has 2 heterocycles. The van der Waals surface area contributed by atoms with Crippen LogP contribution in [-0.2, 0) is 0 Å². The van der Waals surface area contributed by atoms with Crippen molar-refractivity contribution in [1.29, 1.82) is 0 Å². The summed E-state index contributed by atoms with van der Waals surface area (Å²) in [7, 11) is 0. The summed E-state index contributed by atoms with van der Waals surface area (Å²) in [4.78, 5) is 13.0. The van der Waals surface area contributed by atoms with Crippen LogP contribution in [0.25, 0.3) is 0 Å². The van der Waals surface area contributed by atoms with Crippen molar-refractivity contribution in [3.05, 3.63) is 63.9 Å². The minimum Gasteiger partial charge on any atom is -0.340 e. The standard InChI is InChI=1S/C18H18BrN5/c1-11-8-12(2)17(13(3)9-11)22-16-6-7-20-18(24-16)23-15-5-4-14(19)10-21-15/h4-10H,1-3H3,(H2,20,21,22,23,24). The minimum atomic E-state index is 0.497. The molecular weight excluding hydrogens is 366 g/mol. The number of benzene rings is 1. The van der Waals surface area contributed by atoms with Gasteiger partial charge in [0.2, 0.25) is 5.95 Å². The summed E-state index contributed by atoms with van der Waals surface area (Å²) in [6, 6.07) is 9.93. The molecule has 0 radical (unpaired) electrons. The summed E-state index contributed by atoms with van der Waals surface area (Å²) < 4.78 is 0.926. The second kappa shape index (κ2) is 6.97. The predicted octanol–water partition coefficient (Wildman–Crippen LogP) is 5.05. The lowest BCUT2D eigenvalue weighted by atomic mass is 10.1. The molecule has 3 rings (SSSR count). The Labute approximate surface area is 149 Å². The summed E-state index contributed by atoms with van der Waals surface area (Å²) in [5.74, 6) is 1.93. The monoisotopic (exact) mass is 383 g/mol. The summed E-state index contributed by atoms with van der Waals surface area (Å²) in [6.07, 6.45) is 3.44. The van der Waals surface area contributed by atoms with Gasteiger partial charge < -0.3 is 10.6 Å². The second-order valence-corrected chi connectivity index (χ2v) is 6.57. The van der Waals surface area contributed by atoms with Crippen LogP contribution < -0.4 is 10.6 Å². The van der Waals surface area contributed by atoms with Gasteiger partial charge in [0.05, 0.1) is 0 Å². The molecule has 0 amide bonds. The van der Waals surface area contributed by atoms with Crippen LogP contribution in [0, 0.1) is 20.8 Å². The number of nitrogens with zero attached hydrogens (tertiary/aromatic N) is 3. The molecular formula is C18H18BrN5. The molecule has 3 aromatic rings. The van der Waals surface area contributed by atoms with E-state index in [1.165, 1.54) is 16.7 Å². The molecule has 0 aliphatic carbocycles. The van der Waals surface area contributed by atoms with Gasteiger partial charge in [0.25, 0.3) is 0 Å². The third kappa shape index (κ3) is 3.89. The average Bonchev–Trinajstić information content (AvgIpc) is 2.53.